The van der Waals surface area contributed by atoms with Gasteiger partial charge < -0.3 is 21.2 Å². The van der Waals surface area contributed by atoms with E-state index in [0.717, 1.165) is 24.6 Å². The monoisotopic (exact) mass is 431 g/mol. The fourth-order valence-corrected chi connectivity index (χ4v) is 3.20. The van der Waals surface area contributed by atoms with Gasteiger partial charge in [0.05, 0.1) is 5.69 Å². The molecule has 2 aromatic heterocycles. The maximum absolute atomic E-state index is 13.8. The molecule has 0 saturated heterocycles. The molecule has 1 aromatic carbocycles. The van der Waals surface area contributed by atoms with Crippen LogP contribution >= 0.6 is 0 Å². The van der Waals surface area contributed by atoms with Crippen LogP contribution in [0.25, 0.3) is 11.0 Å². The molecule has 3 aromatic rings. The summed E-state index contributed by atoms with van der Waals surface area (Å²) in [6.07, 6.45) is 3.09. The van der Waals surface area contributed by atoms with Crippen molar-refractivity contribution >= 4 is 22.6 Å². The second-order valence-corrected chi connectivity index (χ2v) is 7.45. The van der Waals surface area contributed by atoms with Gasteiger partial charge in [0.25, 0.3) is 11.5 Å². The van der Waals surface area contributed by atoms with Crippen LogP contribution in [-0.2, 0) is 13.0 Å². The van der Waals surface area contributed by atoms with Gasteiger partial charge in [-0.3, -0.25) is 9.59 Å². The molecule has 0 fully saturated rings. The van der Waals surface area contributed by atoms with E-state index in [1.165, 1.54) is 6.07 Å². The minimum Gasteiger partial charge on any atom is -0.423 e. The molecule has 0 bridgehead atoms. The zero-order valence-electron chi connectivity index (χ0n) is 17.2. The van der Waals surface area contributed by atoms with Crippen LogP contribution in [-0.4, -0.2) is 46.4 Å². The van der Waals surface area contributed by atoms with Gasteiger partial charge in [0, 0.05) is 29.8 Å². The number of nitrogens with two attached hydrogens (primary N) is 1. The first-order valence-electron chi connectivity index (χ1n) is 9.58. The maximum atomic E-state index is 13.8. The minimum absolute atomic E-state index is 0.0308. The van der Waals surface area contributed by atoms with Gasteiger partial charge in [0.15, 0.2) is 5.65 Å². The molecule has 0 unspecified atom stereocenters. The van der Waals surface area contributed by atoms with Crippen LogP contribution in [0, 0.1) is 11.6 Å². The molecule has 10 heteroatoms. The van der Waals surface area contributed by atoms with Gasteiger partial charge in [0.1, 0.15) is 17.2 Å². The lowest BCUT2D eigenvalue weighted by molar-refractivity contribution is 0.0944. The van der Waals surface area contributed by atoms with E-state index in [1.54, 1.807) is 12.3 Å². The summed E-state index contributed by atoms with van der Waals surface area (Å²) in [5, 5.41) is 12.8. The molecule has 0 aliphatic rings. The van der Waals surface area contributed by atoms with E-state index in [2.05, 4.69) is 10.3 Å². The van der Waals surface area contributed by atoms with E-state index in [1.807, 2.05) is 19.0 Å². The standard InChI is InChI=1S/C21H23F2N5O3/c1-27(2)7-3-4-12-8-15-18(24)17(21(30)28(31)19(15)25-10-12)20(29)26-11-13-5-6-14(22)9-16(13)23/h5-6,8-10,31H,3-4,7,11,24H2,1-2H3,(H,26,29). The fourth-order valence-electron chi connectivity index (χ4n) is 3.20. The number of fused-ring (bicyclic) bond motifs is 1. The summed E-state index contributed by atoms with van der Waals surface area (Å²) >= 11 is 0. The number of carbonyl (C=O) groups excluding carboxylic acids is 1. The molecule has 164 valence electrons. The summed E-state index contributed by atoms with van der Waals surface area (Å²) < 4.78 is 27.1. The largest absolute Gasteiger partial charge is 0.423 e. The third-order valence-electron chi connectivity index (χ3n) is 4.84. The molecule has 0 atom stereocenters. The van der Waals surface area contributed by atoms with Crippen LogP contribution in [0.1, 0.15) is 27.9 Å². The van der Waals surface area contributed by atoms with E-state index in [9.17, 15) is 23.6 Å². The van der Waals surface area contributed by atoms with Crippen LogP contribution in [0.15, 0.2) is 35.3 Å². The molecule has 0 aliphatic heterocycles. The average Bonchev–Trinajstić information content (AvgIpc) is 2.71. The predicted octanol–water partition coefficient (Wildman–Crippen LogP) is 1.92. The molecule has 1 amide bonds. The van der Waals surface area contributed by atoms with Crippen molar-refractivity contribution in [2.24, 2.45) is 0 Å². The molecular weight excluding hydrogens is 408 g/mol. The molecule has 0 saturated carbocycles. The molecule has 0 aliphatic carbocycles. The van der Waals surface area contributed by atoms with Gasteiger partial charge in [-0.25, -0.2) is 13.8 Å². The lowest BCUT2D eigenvalue weighted by Gasteiger charge is -2.13. The third kappa shape index (κ3) is 4.80. The van der Waals surface area contributed by atoms with Crippen LogP contribution in [0.3, 0.4) is 0 Å². The number of nitrogen functional groups attached to an aromatic ring is 1. The molecule has 8 nitrogen and oxygen atoms in total. The van der Waals surface area contributed by atoms with Crippen LogP contribution in [0.5, 0.6) is 0 Å². The summed E-state index contributed by atoms with van der Waals surface area (Å²) in [7, 11) is 3.92. The minimum atomic E-state index is -1.05. The van der Waals surface area contributed by atoms with E-state index in [-0.39, 0.29) is 33.6 Å². The van der Waals surface area contributed by atoms with E-state index >= 15 is 0 Å². The molecule has 3 rings (SSSR count). The number of aryl methyl sites for hydroxylation is 1. The number of anilines is 1. The van der Waals surface area contributed by atoms with Gasteiger partial charge >= 0.3 is 0 Å². The van der Waals surface area contributed by atoms with Crippen molar-refractivity contribution in [1.82, 2.24) is 19.9 Å². The Kier molecular flexibility index (Phi) is 6.50. The van der Waals surface area contributed by atoms with Crippen molar-refractivity contribution in [3.63, 3.8) is 0 Å². The smallest absolute Gasteiger partial charge is 0.299 e. The molecule has 31 heavy (non-hydrogen) atoms. The Bertz CT molecular complexity index is 1190. The first-order valence-corrected chi connectivity index (χ1v) is 9.58. The number of nitrogens with zero attached hydrogens (tertiary/aromatic N) is 3. The van der Waals surface area contributed by atoms with Crippen molar-refractivity contribution in [2.45, 2.75) is 19.4 Å². The van der Waals surface area contributed by atoms with Gasteiger partial charge in [0.2, 0.25) is 0 Å². The highest BCUT2D eigenvalue weighted by Crippen LogP contribution is 2.22. The van der Waals surface area contributed by atoms with Crippen molar-refractivity contribution in [1.29, 1.82) is 0 Å². The fraction of sp³-hybridized carbons (Fsp3) is 0.286. The normalized spacial score (nSPS) is 11.3. The van der Waals surface area contributed by atoms with Crippen molar-refractivity contribution < 1.29 is 18.8 Å². The Balaban J connectivity index is 1.91. The van der Waals surface area contributed by atoms with Crippen LogP contribution in [0.4, 0.5) is 14.5 Å². The van der Waals surface area contributed by atoms with Crippen LogP contribution in [0.2, 0.25) is 0 Å². The van der Waals surface area contributed by atoms with Crippen molar-refractivity contribution in [3.05, 3.63) is 69.1 Å². The average molecular weight is 431 g/mol. The maximum Gasteiger partial charge on any atom is 0.299 e. The number of amides is 1. The number of nitrogens with one attached hydrogen (secondary N) is 1. The number of hydrogen-bond acceptors (Lipinski definition) is 6. The highest BCUT2D eigenvalue weighted by Gasteiger charge is 2.22. The lowest BCUT2D eigenvalue weighted by atomic mass is 10.1. The highest BCUT2D eigenvalue weighted by molar-refractivity contribution is 6.05. The molecule has 0 radical (unpaired) electrons. The number of carbonyl (C=O) groups is 1. The zero-order valence-corrected chi connectivity index (χ0v) is 17.2. The predicted molar refractivity (Wildman–Crippen MR) is 112 cm³/mol. The molecule has 0 spiro atoms. The lowest BCUT2D eigenvalue weighted by Crippen LogP contribution is -2.34. The second-order valence-electron chi connectivity index (χ2n) is 7.45. The Labute approximate surface area is 176 Å². The Hall–Kier alpha value is -3.53. The van der Waals surface area contributed by atoms with Crippen LogP contribution < -0.4 is 16.6 Å². The molecule has 4 N–H and O–H groups in total. The van der Waals surface area contributed by atoms with Crippen molar-refractivity contribution in [3.8, 4) is 0 Å². The van der Waals surface area contributed by atoms with Crippen molar-refractivity contribution in [2.75, 3.05) is 26.4 Å². The summed E-state index contributed by atoms with van der Waals surface area (Å²) in [6, 6.07) is 4.61. The van der Waals surface area contributed by atoms with E-state index in [0.29, 0.717) is 12.5 Å². The number of benzene rings is 1. The SMILES string of the molecule is CN(C)CCCc1cnc2c(c1)c(N)c(C(=O)NCc1ccc(F)cc1F)c(=O)n2O. The third-order valence-corrected chi connectivity index (χ3v) is 4.84. The Morgan fingerprint density at radius 2 is 2.03 bits per heavy atom. The van der Waals surface area contributed by atoms with Gasteiger partial charge in [-0.15, -0.1) is 4.73 Å². The van der Waals surface area contributed by atoms with E-state index < -0.39 is 28.7 Å². The first kappa shape index (κ1) is 22.2. The second kappa shape index (κ2) is 9.09. The quantitative estimate of drug-likeness (QED) is 0.493. The molecule has 2 heterocycles. The summed E-state index contributed by atoms with van der Waals surface area (Å²) in [5.74, 6) is -2.48. The number of halogens is 2. The van der Waals surface area contributed by atoms with Gasteiger partial charge in [-0.2, -0.15) is 0 Å². The van der Waals surface area contributed by atoms with Gasteiger partial charge in [-0.1, -0.05) is 6.07 Å². The zero-order chi connectivity index (χ0) is 22.7. The first-order chi connectivity index (χ1) is 14.7. The number of pyridine rings is 2. The summed E-state index contributed by atoms with van der Waals surface area (Å²) in [5.41, 5.74) is 5.23. The summed E-state index contributed by atoms with van der Waals surface area (Å²) in [4.78, 5) is 31.3. The number of hydrogen-bond donors (Lipinski definition) is 3. The van der Waals surface area contributed by atoms with E-state index in [4.69, 9.17) is 5.73 Å². The highest BCUT2D eigenvalue weighted by atomic mass is 19.1. The Morgan fingerprint density at radius 3 is 2.71 bits per heavy atom. The summed E-state index contributed by atoms with van der Waals surface area (Å²) in [6.45, 7) is 0.566. The van der Waals surface area contributed by atoms with Gasteiger partial charge in [-0.05, 0) is 51.2 Å². The number of aromatic nitrogens is 2. The topological polar surface area (TPSA) is 113 Å². The molecular formula is C21H23F2N5O3. The Morgan fingerprint density at radius 1 is 1.29 bits per heavy atom. The number of rotatable bonds is 7.